The summed E-state index contributed by atoms with van der Waals surface area (Å²) in [5.74, 6) is -0.617. The van der Waals surface area contributed by atoms with Crippen LogP contribution in [0, 0.1) is 0 Å². The smallest absolute Gasteiger partial charge is 0.218 e. The van der Waals surface area contributed by atoms with Crippen molar-refractivity contribution < 1.29 is 14.7 Å². The first-order valence-electron chi connectivity index (χ1n) is 2.28. The Bertz CT molecular complexity index is 156. The average Bonchev–Trinajstić information content (AvgIpc) is 1.89. The van der Waals surface area contributed by atoms with Crippen molar-refractivity contribution in [3.05, 3.63) is 24.5 Å². The van der Waals surface area contributed by atoms with Gasteiger partial charge in [0.2, 0.25) is 5.78 Å². The van der Waals surface area contributed by atoms with E-state index < -0.39 is 5.78 Å². The standard InChI is InChI=1S/C6H6O3/c7-4-2-1-3-6(9)5-8/h1-5,7H. The summed E-state index contributed by atoms with van der Waals surface area (Å²) in [6, 6.07) is 0. The normalized spacial score (nSPS) is 10.7. The van der Waals surface area contributed by atoms with Crippen molar-refractivity contribution in [3.8, 4) is 0 Å². The highest BCUT2D eigenvalue weighted by molar-refractivity contribution is 6.30. The van der Waals surface area contributed by atoms with E-state index in [2.05, 4.69) is 0 Å². The maximum absolute atomic E-state index is 10.1. The Balaban J connectivity index is 3.70. The van der Waals surface area contributed by atoms with Crippen LogP contribution in [0.2, 0.25) is 0 Å². The van der Waals surface area contributed by atoms with Gasteiger partial charge in [-0.05, 0) is 12.2 Å². The second-order valence-corrected chi connectivity index (χ2v) is 1.22. The number of rotatable bonds is 3. The van der Waals surface area contributed by atoms with Gasteiger partial charge in [0.05, 0.1) is 6.26 Å². The minimum Gasteiger partial charge on any atom is -0.516 e. The molecule has 1 N–H and O–H groups in total. The Morgan fingerprint density at radius 1 is 1.33 bits per heavy atom. The lowest BCUT2D eigenvalue weighted by molar-refractivity contribution is -0.126. The van der Waals surface area contributed by atoms with Crippen LogP contribution in [0.25, 0.3) is 0 Å². The molecule has 0 aromatic carbocycles. The van der Waals surface area contributed by atoms with Crippen LogP contribution in [0.1, 0.15) is 0 Å². The molecule has 0 saturated heterocycles. The molecule has 0 rings (SSSR count). The van der Waals surface area contributed by atoms with Crippen molar-refractivity contribution in [3.63, 3.8) is 0 Å². The zero-order chi connectivity index (χ0) is 7.11. The van der Waals surface area contributed by atoms with Gasteiger partial charge in [-0.15, -0.1) is 0 Å². The number of carbonyl (C=O) groups is 2. The number of aliphatic hydroxyl groups excluding tert-OH is 1. The van der Waals surface area contributed by atoms with Crippen LogP contribution in [0.3, 0.4) is 0 Å². The van der Waals surface area contributed by atoms with Gasteiger partial charge in [0.1, 0.15) is 0 Å². The maximum atomic E-state index is 10.1. The highest BCUT2D eigenvalue weighted by Crippen LogP contribution is 1.74. The quantitative estimate of drug-likeness (QED) is 0.195. The number of hydrogen-bond acceptors (Lipinski definition) is 3. The van der Waals surface area contributed by atoms with E-state index in [4.69, 9.17) is 5.11 Å². The molecule has 0 bridgehead atoms. The molecule has 0 aromatic heterocycles. The first-order valence-corrected chi connectivity index (χ1v) is 2.28. The predicted octanol–water partition coefficient (Wildman–Crippen LogP) is 0.382. The summed E-state index contributed by atoms with van der Waals surface area (Å²) in [5, 5.41) is 8.02. The minimum atomic E-state index is -0.617. The van der Waals surface area contributed by atoms with E-state index in [-0.39, 0.29) is 6.29 Å². The topological polar surface area (TPSA) is 54.4 Å². The zero-order valence-electron chi connectivity index (χ0n) is 4.65. The van der Waals surface area contributed by atoms with E-state index in [1.165, 1.54) is 12.2 Å². The molecular formula is C6H6O3. The molecular weight excluding hydrogens is 120 g/mol. The highest BCUT2D eigenvalue weighted by Gasteiger charge is 1.85. The van der Waals surface area contributed by atoms with Gasteiger partial charge in [0.15, 0.2) is 6.29 Å². The molecule has 0 aliphatic heterocycles. The first kappa shape index (κ1) is 7.62. The number of aldehydes is 1. The second kappa shape index (κ2) is 4.77. The summed E-state index contributed by atoms with van der Waals surface area (Å²) in [5.41, 5.74) is 0. The third-order valence-electron chi connectivity index (χ3n) is 0.574. The molecule has 0 fully saturated rings. The molecule has 48 valence electrons. The molecule has 0 aromatic rings. The summed E-state index contributed by atoms with van der Waals surface area (Å²) in [7, 11) is 0. The van der Waals surface area contributed by atoms with Crippen LogP contribution in [-0.4, -0.2) is 17.2 Å². The Kier molecular flexibility index (Phi) is 4.04. The van der Waals surface area contributed by atoms with Gasteiger partial charge in [-0.2, -0.15) is 0 Å². The van der Waals surface area contributed by atoms with Crippen molar-refractivity contribution in [2.45, 2.75) is 0 Å². The second-order valence-electron chi connectivity index (χ2n) is 1.22. The Hall–Kier alpha value is -1.38. The molecule has 3 nitrogen and oxygen atoms in total. The first-order chi connectivity index (χ1) is 4.31. The Labute approximate surface area is 52.3 Å². The summed E-state index contributed by atoms with van der Waals surface area (Å²) in [4.78, 5) is 19.7. The van der Waals surface area contributed by atoms with Gasteiger partial charge in [0.25, 0.3) is 0 Å². The van der Waals surface area contributed by atoms with Crippen LogP contribution < -0.4 is 0 Å². The molecule has 3 heteroatoms. The van der Waals surface area contributed by atoms with E-state index in [9.17, 15) is 9.59 Å². The van der Waals surface area contributed by atoms with Crippen LogP contribution in [0.15, 0.2) is 24.5 Å². The minimum absolute atomic E-state index is 0.196. The largest absolute Gasteiger partial charge is 0.516 e. The van der Waals surface area contributed by atoms with E-state index in [0.717, 1.165) is 12.3 Å². The molecule has 0 aliphatic rings. The summed E-state index contributed by atoms with van der Waals surface area (Å²) in [6.45, 7) is 0. The van der Waals surface area contributed by atoms with Gasteiger partial charge < -0.3 is 5.11 Å². The van der Waals surface area contributed by atoms with Crippen LogP contribution in [-0.2, 0) is 9.59 Å². The molecule has 9 heavy (non-hydrogen) atoms. The molecule has 0 saturated carbocycles. The van der Waals surface area contributed by atoms with Crippen molar-refractivity contribution in [1.82, 2.24) is 0 Å². The van der Waals surface area contributed by atoms with E-state index >= 15 is 0 Å². The molecule has 0 spiro atoms. The van der Waals surface area contributed by atoms with Gasteiger partial charge in [0, 0.05) is 0 Å². The molecule has 0 unspecified atom stereocenters. The van der Waals surface area contributed by atoms with Crippen molar-refractivity contribution in [1.29, 1.82) is 0 Å². The third-order valence-corrected chi connectivity index (χ3v) is 0.574. The van der Waals surface area contributed by atoms with Crippen molar-refractivity contribution in [2.75, 3.05) is 0 Å². The van der Waals surface area contributed by atoms with Crippen LogP contribution >= 0.6 is 0 Å². The molecule has 0 heterocycles. The van der Waals surface area contributed by atoms with Crippen molar-refractivity contribution >= 4 is 12.1 Å². The lowest BCUT2D eigenvalue weighted by Gasteiger charge is -1.71. The van der Waals surface area contributed by atoms with Crippen LogP contribution in [0.5, 0.6) is 0 Å². The average molecular weight is 126 g/mol. The molecule has 0 radical (unpaired) electrons. The van der Waals surface area contributed by atoms with Gasteiger partial charge in [-0.3, -0.25) is 9.59 Å². The summed E-state index contributed by atoms with van der Waals surface area (Å²) in [6.07, 6.45) is 4.54. The fourth-order valence-electron chi connectivity index (χ4n) is 0.239. The summed E-state index contributed by atoms with van der Waals surface area (Å²) < 4.78 is 0. The Morgan fingerprint density at radius 2 is 2.00 bits per heavy atom. The lowest BCUT2D eigenvalue weighted by Crippen LogP contribution is -1.90. The SMILES string of the molecule is O=CC(=O)C=CC=CO. The van der Waals surface area contributed by atoms with Gasteiger partial charge in [-0.1, -0.05) is 6.08 Å². The maximum Gasteiger partial charge on any atom is 0.218 e. The number of aliphatic hydroxyl groups is 1. The number of carbonyl (C=O) groups excluding carboxylic acids is 2. The number of hydrogen-bond donors (Lipinski definition) is 1. The summed E-state index contributed by atoms with van der Waals surface area (Å²) >= 11 is 0. The van der Waals surface area contributed by atoms with E-state index in [0.29, 0.717) is 0 Å². The van der Waals surface area contributed by atoms with Crippen LogP contribution in [0.4, 0.5) is 0 Å². The highest BCUT2D eigenvalue weighted by atomic mass is 16.2. The fraction of sp³-hybridized carbons (Fsp3) is 0. The van der Waals surface area contributed by atoms with Gasteiger partial charge in [-0.25, -0.2) is 0 Å². The Morgan fingerprint density at radius 3 is 2.44 bits per heavy atom. The molecule has 0 aliphatic carbocycles. The van der Waals surface area contributed by atoms with E-state index in [1.54, 1.807) is 0 Å². The molecule has 0 atom stereocenters. The van der Waals surface area contributed by atoms with Crippen molar-refractivity contribution in [2.24, 2.45) is 0 Å². The molecule has 0 amide bonds. The number of ketones is 1. The van der Waals surface area contributed by atoms with Gasteiger partial charge >= 0.3 is 0 Å². The monoisotopic (exact) mass is 126 g/mol. The lowest BCUT2D eigenvalue weighted by atomic mass is 10.4. The zero-order valence-corrected chi connectivity index (χ0v) is 4.65. The third kappa shape index (κ3) is 4.47. The van der Waals surface area contributed by atoms with E-state index in [1.807, 2.05) is 0 Å². The number of allylic oxidation sites excluding steroid dienone is 3. The predicted molar refractivity (Wildman–Crippen MR) is 32.0 cm³/mol. The fourth-order valence-corrected chi connectivity index (χ4v) is 0.239.